The van der Waals surface area contributed by atoms with Crippen LogP contribution in [0.25, 0.3) is 11.0 Å². The largest absolute Gasteiger partial charge is 0.322 e. The highest BCUT2D eigenvalue weighted by Gasteiger charge is 2.15. The van der Waals surface area contributed by atoms with Gasteiger partial charge in [0.25, 0.3) is 5.91 Å². The number of nitrogens with zero attached hydrogens (tertiary/aromatic N) is 4. The van der Waals surface area contributed by atoms with Crippen molar-refractivity contribution in [1.82, 2.24) is 19.8 Å². The monoisotopic (exact) mass is 403 g/mol. The number of benzene rings is 2. The van der Waals surface area contributed by atoms with E-state index in [4.69, 9.17) is 0 Å². The zero-order valence-electron chi connectivity index (χ0n) is 18.0. The average molecular weight is 404 g/mol. The minimum absolute atomic E-state index is 0.139. The third-order valence-electron chi connectivity index (χ3n) is 5.87. The second kappa shape index (κ2) is 8.90. The molecule has 30 heavy (non-hydrogen) atoms. The van der Waals surface area contributed by atoms with Gasteiger partial charge in [0.05, 0.1) is 22.4 Å². The van der Waals surface area contributed by atoms with Crippen LogP contribution in [0.1, 0.15) is 34.2 Å². The van der Waals surface area contributed by atoms with Crippen molar-refractivity contribution in [2.75, 3.05) is 38.0 Å². The third-order valence-corrected chi connectivity index (χ3v) is 5.87. The van der Waals surface area contributed by atoms with E-state index in [1.807, 2.05) is 32.0 Å². The van der Waals surface area contributed by atoms with E-state index in [2.05, 4.69) is 44.1 Å². The van der Waals surface area contributed by atoms with E-state index in [0.717, 1.165) is 67.4 Å². The van der Waals surface area contributed by atoms with Crippen molar-refractivity contribution >= 4 is 22.6 Å². The van der Waals surface area contributed by atoms with Gasteiger partial charge in [0.15, 0.2) is 0 Å². The number of carbonyl (C=O) groups excluding carboxylic acids is 1. The summed E-state index contributed by atoms with van der Waals surface area (Å²) in [5, 5.41) is 2.99. The molecule has 2 aromatic carbocycles. The molecule has 0 radical (unpaired) electrons. The number of carbonyl (C=O) groups is 1. The van der Waals surface area contributed by atoms with E-state index in [9.17, 15) is 4.79 Å². The molecule has 1 saturated heterocycles. The van der Waals surface area contributed by atoms with Crippen LogP contribution in [-0.2, 0) is 6.54 Å². The molecule has 0 atom stereocenters. The van der Waals surface area contributed by atoms with Gasteiger partial charge in [-0.1, -0.05) is 19.1 Å². The second-order valence-corrected chi connectivity index (χ2v) is 7.96. The number of nitrogens with one attached hydrogen (secondary N) is 1. The van der Waals surface area contributed by atoms with Crippen LogP contribution in [0.3, 0.4) is 0 Å². The van der Waals surface area contributed by atoms with Crippen LogP contribution in [0, 0.1) is 13.8 Å². The normalized spacial score (nSPS) is 15.4. The number of piperazine rings is 1. The number of hydrogen-bond donors (Lipinski definition) is 1. The van der Waals surface area contributed by atoms with Gasteiger partial charge in [-0.15, -0.1) is 0 Å². The molecular formula is C24H29N5O. The second-order valence-electron chi connectivity index (χ2n) is 7.96. The summed E-state index contributed by atoms with van der Waals surface area (Å²) in [4.78, 5) is 26.7. The highest BCUT2D eigenvalue weighted by molar-refractivity contribution is 6.05. The number of anilines is 1. The lowest BCUT2D eigenvalue weighted by Crippen LogP contribution is -2.45. The maximum atomic E-state index is 12.7. The number of likely N-dealkylation sites (N-methyl/N-ethyl adjacent to an activating group) is 1. The van der Waals surface area contributed by atoms with Crippen molar-refractivity contribution in [2.24, 2.45) is 0 Å². The van der Waals surface area contributed by atoms with E-state index < -0.39 is 0 Å². The lowest BCUT2D eigenvalue weighted by Gasteiger charge is -2.34. The SMILES string of the molecule is CCN1CCN(Cc2ccc(NC(=O)c3ccc4nc(C)c(C)nc4c3)cc2)CC1. The van der Waals surface area contributed by atoms with Gasteiger partial charge in [-0.2, -0.15) is 0 Å². The van der Waals surface area contributed by atoms with E-state index in [1.54, 1.807) is 12.1 Å². The van der Waals surface area contributed by atoms with Crippen LogP contribution in [0.5, 0.6) is 0 Å². The summed E-state index contributed by atoms with van der Waals surface area (Å²) in [6.07, 6.45) is 0. The average Bonchev–Trinajstić information content (AvgIpc) is 2.76. The van der Waals surface area contributed by atoms with Gasteiger partial charge in [-0.3, -0.25) is 9.69 Å². The number of amides is 1. The predicted molar refractivity (Wildman–Crippen MR) is 121 cm³/mol. The number of aromatic nitrogens is 2. The first-order valence-corrected chi connectivity index (χ1v) is 10.6. The number of hydrogen-bond acceptors (Lipinski definition) is 5. The van der Waals surface area contributed by atoms with Gasteiger partial charge in [-0.25, -0.2) is 9.97 Å². The molecule has 0 unspecified atom stereocenters. The maximum absolute atomic E-state index is 12.7. The molecule has 1 aliphatic heterocycles. The molecule has 3 aromatic rings. The Morgan fingerprint density at radius 3 is 2.20 bits per heavy atom. The molecule has 2 heterocycles. The Morgan fingerprint density at radius 1 is 0.900 bits per heavy atom. The van der Waals surface area contributed by atoms with Crippen molar-refractivity contribution in [3.63, 3.8) is 0 Å². The molecular weight excluding hydrogens is 374 g/mol. The summed E-state index contributed by atoms with van der Waals surface area (Å²) in [6.45, 7) is 12.7. The molecule has 6 heteroatoms. The van der Waals surface area contributed by atoms with Crippen molar-refractivity contribution in [2.45, 2.75) is 27.3 Å². The zero-order chi connectivity index (χ0) is 21.1. The van der Waals surface area contributed by atoms with E-state index in [0.29, 0.717) is 5.56 Å². The van der Waals surface area contributed by atoms with Gasteiger partial charge >= 0.3 is 0 Å². The fourth-order valence-electron chi connectivity index (χ4n) is 3.79. The van der Waals surface area contributed by atoms with E-state index in [-0.39, 0.29) is 5.91 Å². The van der Waals surface area contributed by atoms with Crippen LogP contribution < -0.4 is 5.32 Å². The fourth-order valence-corrected chi connectivity index (χ4v) is 3.79. The van der Waals surface area contributed by atoms with Crippen LogP contribution in [0.2, 0.25) is 0 Å². The van der Waals surface area contributed by atoms with Gasteiger partial charge in [0.2, 0.25) is 0 Å². The molecule has 1 fully saturated rings. The molecule has 6 nitrogen and oxygen atoms in total. The first-order valence-electron chi connectivity index (χ1n) is 10.6. The van der Waals surface area contributed by atoms with Crippen molar-refractivity contribution < 1.29 is 4.79 Å². The molecule has 0 aliphatic carbocycles. The third kappa shape index (κ3) is 4.66. The van der Waals surface area contributed by atoms with Crippen LogP contribution in [0.4, 0.5) is 5.69 Å². The minimum atomic E-state index is -0.139. The first kappa shape index (κ1) is 20.4. The summed E-state index contributed by atoms with van der Waals surface area (Å²) in [5.74, 6) is -0.139. The molecule has 1 N–H and O–H groups in total. The molecule has 156 valence electrons. The van der Waals surface area contributed by atoms with Crippen LogP contribution >= 0.6 is 0 Å². The van der Waals surface area contributed by atoms with Crippen molar-refractivity contribution in [3.8, 4) is 0 Å². The first-order chi connectivity index (χ1) is 14.5. The molecule has 0 spiro atoms. The Labute approximate surface area is 177 Å². The molecule has 0 bridgehead atoms. The molecule has 1 aliphatic rings. The smallest absolute Gasteiger partial charge is 0.255 e. The quantitative estimate of drug-likeness (QED) is 0.705. The Hall–Kier alpha value is -2.83. The Bertz CT molecular complexity index is 1040. The molecule has 0 saturated carbocycles. The fraction of sp³-hybridized carbons (Fsp3) is 0.375. The van der Waals surface area contributed by atoms with E-state index in [1.165, 1.54) is 5.56 Å². The predicted octanol–water partition coefficient (Wildman–Crippen LogP) is 3.64. The zero-order valence-corrected chi connectivity index (χ0v) is 18.0. The maximum Gasteiger partial charge on any atom is 0.255 e. The summed E-state index contributed by atoms with van der Waals surface area (Å²) >= 11 is 0. The standard InChI is InChI=1S/C24H29N5O/c1-4-28-11-13-29(14-12-28)16-19-5-8-21(9-6-19)27-24(30)20-7-10-22-23(15-20)26-18(3)17(2)25-22/h5-10,15H,4,11-14,16H2,1-3H3,(H,27,30). The van der Waals surface area contributed by atoms with Gasteiger partial charge in [0.1, 0.15) is 0 Å². The van der Waals surface area contributed by atoms with Gasteiger partial charge < -0.3 is 10.2 Å². The minimum Gasteiger partial charge on any atom is -0.322 e. The van der Waals surface area contributed by atoms with Crippen molar-refractivity contribution in [3.05, 3.63) is 65.0 Å². The number of rotatable bonds is 5. The molecule has 1 amide bonds. The van der Waals surface area contributed by atoms with Crippen LogP contribution in [-0.4, -0.2) is 58.4 Å². The number of aryl methyl sites for hydroxylation is 2. The van der Waals surface area contributed by atoms with Gasteiger partial charge in [-0.05, 0) is 56.3 Å². The topological polar surface area (TPSA) is 61.4 Å². The van der Waals surface area contributed by atoms with Gasteiger partial charge in [0, 0.05) is 44.0 Å². The summed E-state index contributed by atoms with van der Waals surface area (Å²) in [7, 11) is 0. The lowest BCUT2D eigenvalue weighted by molar-refractivity contribution is 0.102. The van der Waals surface area contributed by atoms with Crippen molar-refractivity contribution in [1.29, 1.82) is 0 Å². The Balaban J connectivity index is 1.39. The number of fused-ring (bicyclic) bond motifs is 1. The highest BCUT2D eigenvalue weighted by atomic mass is 16.1. The lowest BCUT2D eigenvalue weighted by atomic mass is 10.1. The summed E-state index contributed by atoms with van der Waals surface area (Å²) < 4.78 is 0. The Morgan fingerprint density at radius 2 is 1.53 bits per heavy atom. The molecule has 4 rings (SSSR count). The molecule has 1 aromatic heterocycles. The van der Waals surface area contributed by atoms with Crippen LogP contribution in [0.15, 0.2) is 42.5 Å². The van der Waals surface area contributed by atoms with E-state index >= 15 is 0 Å². The highest BCUT2D eigenvalue weighted by Crippen LogP contribution is 2.17. The Kier molecular flexibility index (Phi) is 6.06. The summed E-state index contributed by atoms with van der Waals surface area (Å²) in [6, 6.07) is 13.6. The summed E-state index contributed by atoms with van der Waals surface area (Å²) in [5.41, 5.74) is 5.98.